The van der Waals surface area contributed by atoms with Gasteiger partial charge in [0.2, 0.25) is 0 Å². The number of halogens is 1. The molecule has 0 aliphatic carbocycles. The Morgan fingerprint density at radius 3 is 2.54 bits per heavy atom. The van der Waals surface area contributed by atoms with Gasteiger partial charge in [0.1, 0.15) is 12.4 Å². The van der Waals surface area contributed by atoms with E-state index in [9.17, 15) is 4.79 Å². The van der Waals surface area contributed by atoms with Crippen LogP contribution in [0.5, 0.6) is 5.75 Å². The van der Waals surface area contributed by atoms with Crippen molar-refractivity contribution in [2.45, 2.75) is 12.6 Å². The number of rotatable bonds is 5. The van der Waals surface area contributed by atoms with E-state index in [1.165, 1.54) is 0 Å². The number of likely N-dealkylation sites (N-methyl/N-ethyl adjacent to an activating group) is 1. The number of benzene rings is 2. The van der Waals surface area contributed by atoms with Crippen molar-refractivity contribution < 1.29 is 9.53 Å². The van der Waals surface area contributed by atoms with E-state index < -0.39 is 0 Å². The third kappa shape index (κ3) is 3.89. The summed E-state index contributed by atoms with van der Waals surface area (Å²) < 4.78 is 6.83. The summed E-state index contributed by atoms with van der Waals surface area (Å²) in [6.07, 6.45) is 0. The van der Waals surface area contributed by atoms with Crippen LogP contribution in [0.3, 0.4) is 0 Å². The monoisotopic (exact) mass is 436 g/mol. The SMILES string of the molecule is CN(C)C1CN(C(=O)c2ccc(OCc3ccccc3)c(I)c2)C1. The van der Waals surface area contributed by atoms with Gasteiger partial charge in [0, 0.05) is 24.7 Å². The summed E-state index contributed by atoms with van der Waals surface area (Å²) in [5.74, 6) is 0.909. The van der Waals surface area contributed by atoms with E-state index in [0.29, 0.717) is 12.6 Å². The first-order valence-electron chi connectivity index (χ1n) is 7.96. The molecule has 0 bridgehead atoms. The van der Waals surface area contributed by atoms with Crippen LogP contribution in [0.25, 0.3) is 0 Å². The zero-order valence-corrected chi connectivity index (χ0v) is 16.1. The van der Waals surface area contributed by atoms with Crippen LogP contribution in [-0.2, 0) is 6.61 Å². The number of amides is 1. The van der Waals surface area contributed by atoms with Gasteiger partial charge >= 0.3 is 0 Å². The summed E-state index contributed by atoms with van der Waals surface area (Å²) in [6.45, 7) is 2.13. The molecule has 0 unspecified atom stereocenters. The van der Waals surface area contributed by atoms with Gasteiger partial charge in [-0.25, -0.2) is 0 Å². The standard InChI is InChI=1S/C19H21IN2O2/c1-21(2)16-11-22(12-16)19(23)15-8-9-18(17(20)10-15)24-13-14-6-4-3-5-7-14/h3-10,16H,11-13H2,1-2H3. The molecule has 3 rings (SSSR count). The summed E-state index contributed by atoms with van der Waals surface area (Å²) in [5.41, 5.74) is 1.85. The van der Waals surface area contributed by atoms with Gasteiger partial charge in [-0.2, -0.15) is 0 Å². The maximum absolute atomic E-state index is 12.5. The van der Waals surface area contributed by atoms with Crippen molar-refractivity contribution in [2.75, 3.05) is 27.2 Å². The summed E-state index contributed by atoms with van der Waals surface area (Å²) >= 11 is 2.23. The molecule has 1 heterocycles. The number of ether oxygens (including phenoxy) is 1. The highest BCUT2D eigenvalue weighted by Crippen LogP contribution is 2.25. The Morgan fingerprint density at radius 1 is 1.21 bits per heavy atom. The smallest absolute Gasteiger partial charge is 0.254 e. The molecule has 0 aromatic heterocycles. The summed E-state index contributed by atoms with van der Waals surface area (Å²) in [5, 5.41) is 0. The van der Waals surface area contributed by atoms with Gasteiger partial charge in [-0.15, -0.1) is 0 Å². The molecule has 0 radical (unpaired) electrons. The fourth-order valence-electron chi connectivity index (χ4n) is 2.62. The molecule has 1 aliphatic rings. The number of hydrogen-bond donors (Lipinski definition) is 0. The average Bonchev–Trinajstić information content (AvgIpc) is 2.52. The number of hydrogen-bond acceptors (Lipinski definition) is 3. The first-order valence-corrected chi connectivity index (χ1v) is 9.04. The molecular formula is C19H21IN2O2. The van der Waals surface area contributed by atoms with Crippen LogP contribution in [-0.4, -0.2) is 48.9 Å². The third-order valence-electron chi connectivity index (χ3n) is 4.30. The van der Waals surface area contributed by atoms with Crippen molar-refractivity contribution in [1.29, 1.82) is 0 Å². The summed E-state index contributed by atoms with van der Waals surface area (Å²) in [6, 6.07) is 16.2. The van der Waals surface area contributed by atoms with Crippen molar-refractivity contribution in [2.24, 2.45) is 0 Å². The van der Waals surface area contributed by atoms with Crippen LogP contribution in [0.4, 0.5) is 0 Å². The van der Waals surface area contributed by atoms with Gasteiger partial charge in [0.25, 0.3) is 5.91 Å². The lowest BCUT2D eigenvalue weighted by Gasteiger charge is -2.42. The lowest BCUT2D eigenvalue weighted by Crippen LogP contribution is -2.59. The molecule has 126 valence electrons. The van der Waals surface area contributed by atoms with E-state index in [0.717, 1.165) is 33.5 Å². The fraction of sp³-hybridized carbons (Fsp3) is 0.316. The maximum atomic E-state index is 12.5. The number of carbonyl (C=O) groups excluding carboxylic acids is 1. The minimum Gasteiger partial charge on any atom is -0.488 e. The number of nitrogens with zero attached hydrogens (tertiary/aromatic N) is 2. The largest absolute Gasteiger partial charge is 0.488 e. The van der Waals surface area contributed by atoms with Gasteiger partial charge in [-0.3, -0.25) is 4.79 Å². The first-order chi connectivity index (χ1) is 11.5. The highest BCUT2D eigenvalue weighted by molar-refractivity contribution is 14.1. The van der Waals surface area contributed by atoms with Gasteiger partial charge in [0.05, 0.1) is 3.57 Å². The Balaban J connectivity index is 1.61. The Morgan fingerprint density at radius 2 is 1.92 bits per heavy atom. The first kappa shape index (κ1) is 17.2. The van der Waals surface area contributed by atoms with Gasteiger partial charge < -0.3 is 14.5 Å². The van der Waals surface area contributed by atoms with Gasteiger partial charge in [-0.1, -0.05) is 30.3 Å². The van der Waals surface area contributed by atoms with E-state index in [-0.39, 0.29) is 5.91 Å². The second-order valence-electron chi connectivity index (χ2n) is 6.25. The molecule has 1 amide bonds. The molecule has 24 heavy (non-hydrogen) atoms. The topological polar surface area (TPSA) is 32.8 Å². The predicted octanol–water partition coefficient (Wildman–Crippen LogP) is 3.26. The second-order valence-corrected chi connectivity index (χ2v) is 7.41. The van der Waals surface area contributed by atoms with Crippen molar-refractivity contribution in [1.82, 2.24) is 9.80 Å². The Labute approximate surface area is 156 Å². The molecule has 0 N–H and O–H groups in total. The van der Waals surface area contributed by atoms with E-state index in [1.807, 2.05) is 67.5 Å². The minimum absolute atomic E-state index is 0.0978. The Hall–Kier alpha value is -1.60. The van der Waals surface area contributed by atoms with Crippen molar-refractivity contribution >= 4 is 28.5 Å². The molecule has 2 aromatic carbocycles. The normalized spacial score (nSPS) is 14.6. The molecule has 0 saturated carbocycles. The fourth-order valence-corrected chi connectivity index (χ4v) is 3.29. The van der Waals surface area contributed by atoms with Crippen LogP contribution in [0.1, 0.15) is 15.9 Å². The highest BCUT2D eigenvalue weighted by atomic mass is 127. The molecule has 4 nitrogen and oxygen atoms in total. The van der Waals surface area contributed by atoms with E-state index in [4.69, 9.17) is 4.74 Å². The quantitative estimate of drug-likeness (QED) is 0.675. The summed E-state index contributed by atoms with van der Waals surface area (Å²) in [7, 11) is 4.10. The van der Waals surface area contributed by atoms with Crippen LogP contribution >= 0.6 is 22.6 Å². The number of likely N-dealkylation sites (tertiary alicyclic amines) is 1. The molecule has 1 saturated heterocycles. The van der Waals surface area contributed by atoms with Crippen molar-refractivity contribution in [3.05, 3.63) is 63.2 Å². The highest BCUT2D eigenvalue weighted by Gasteiger charge is 2.32. The molecule has 2 aromatic rings. The molecule has 1 fully saturated rings. The third-order valence-corrected chi connectivity index (χ3v) is 5.14. The Kier molecular flexibility index (Phi) is 5.40. The second kappa shape index (κ2) is 7.53. The molecule has 5 heteroatoms. The maximum Gasteiger partial charge on any atom is 0.254 e. The Bertz CT molecular complexity index is 713. The molecule has 0 spiro atoms. The molecule has 0 atom stereocenters. The summed E-state index contributed by atoms with van der Waals surface area (Å²) in [4.78, 5) is 16.6. The lowest BCUT2D eigenvalue weighted by atomic mass is 10.1. The van der Waals surface area contributed by atoms with Crippen molar-refractivity contribution in [3.63, 3.8) is 0 Å². The zero-order valence-electron chi connectivity index (χ0n) is 13.9. The molecule has 1 aliphatic heterocycles. The van der Waals surface area contributed by atoms with Gasteiger partial charge in [-0.05, 0) is 60.4 Å². The molecular weight excluding hydrogens is 415 g/mol. The van der Waals surface area contributed by atoms with E-state index >= 15 is 0 Å². The van der Waals surface area contributed by atoms with Crippen molar-refractivity contribution in [3.8, 4) is 5.75 Å². The zero-order chi connectivity index (χ0) is 17.1. The van der Waals surface area contributed by atoms with E-state index in [2.05, 4.69) is 27.5 Å². The van der Waals surface area contributed by atoms with E-state index in [1.54, 1.807) is 0 Å². The van der Waals surface area contributed by atoms with Gasteiger partial charge in [0.15, 0.2) is 0 Å². The predicted molar refractivity (Wildman–Crippen MR) is 103 cm³/mol. The van der Waals surface area contributed by atoms with Crippen LogP contribution in [0.15, 0.2) is 48.5 Å². The minimum atomic E-state index is 0.0978. The van der Waals surface area contributed by atoms with Crippen LogP contribution in [0.2, 0.25) is 0 Å². The lowest BCUT2D eigenvalue weighted by molar-refractivity contribution is 0.0399. The average molecular weight is 436 g/mol. The van der Waals surface area contributed by atoms with Crippen LogP contribution < -0.4 is 4.74 Å². The van der Waals surface area contributed by atoms with Crippen LogP contribution in [0, 0.1) is 3.57 Å². The number of carbonyl (C=O) groups is 1.